The van der Waals surface area contributed by atoms with Crippen molar-refractivity contribution in [3.05, 3.63) is 0 Å². The summed E-state index contributed by atoms with van der Waals surface area (Å²) in [5, 5.41) is 0. The summed E-state index contributed by atoms with van der Waals surface area (Å²) in [6.07, 6.45) is 2.57. The van der Waals surface area contributed by atoms with Gasteiger partial charge in [-0.3, -0.25) is 0 Å². The van der Waals surface area contributed by atoms with Gasteiger partial charge in [-0.1, -0.05) is 6.92 Å². The van der Waals surface area contributed by atoms with Crippen molar-refractivity contribution in [2.24, 2.45) is 17.6 Å². The van der Waals surface area contributed by atoms with Gasteiger partial charge in [0.2, 0.25) is 0 Å². The van der Waals surface area contributed by atoms with E-state index in [1.54, 1.807) is 0 Å². The Morgan fingerprint density at radius 2 is 2.18 bits per heavy atom. The van der Waals surface area contributed by atoms with Crippen LogP contribution in [0.5, 0.6) is 0 Å². The van der Waals surface area contributed by atoms with Crippen molar-refractivity contribution in [1.29, 1.82) is 0 Å². The molecule has 1 aliphatic heterocycles. The van der Waals surface area contributed by atoms with Gasteiger partial charge in [-0.05, 0) is 38.3 Å². The van der Waals surface area contributed by atoms with E-state index in [4.69, 9.17) is 5.73 Å². The van der Waals surface area contributed by atoms with Gasteiger partial charge in [0.05, 0.1) is 0 Å². The highest BCUT2D eigenvalue weighted by molar-refractivity contribution is 5.06. The second-order valence-electron chi connectivity index (χ2n) is 4.54. The highest BCUT2D eigenvalue weighted by Gasteiger charge is 2.50. The Morgan fingerprint density at radius 3 is 2.55 bits per heavy atom. The van der Waals surface area contributed by atoms with Gasteiger partial charge in [0, 0.05) is 12.1 Å². The quantitative estimate of drug-likeness (QED) is 0.601. The van der Waals surface area contributed by atoms with E-state index in [-0.39, 0.29) is 5.54 Å². The Kier molecular flexibility index (Phi) is 1.52. The molecule has 2 heteroatoms. The van der Waals surface area contributed by atoms with Crippen LogP contribution >= 0.6 is 0 Å². The minimum Gasteiger partial charge on any atom is -0.324 e. The number of hydrogen-bond donors (Lipinski definition) is 1. The van der Waals surface area contributed by atoms with Crippen molar-refractivity contribution < 1.29 is 0 Å². The molecule has 1 aliphatic carbocycles. The molecule has 2 unspecified atom stereocenters. The predicted octanol–water partition coefficient (Wildman–Crippen LogP) is 0.675. The summed E-state index contributed by atoms with van der Waals surface area (Å²) in [6, 6.07) is 0. The Bertz CT molecular complexity index is 169. The number of likely N-dealkylation sites (tertiary alicyclic amines) is 1. The van der Waals surface area contributed by atoms with Crippen LogP contribution in [0.1, 0.15) is 19.8 Å². The lowest BCUT2D eigenvalue weighted by Gasteiger charge is -2.23. The molecule has 0 spiro atoms. The van der Waals surface area contributed by atoms with E-state index < -0.39 is 0 Å². The van der Waals surface area contributed by atoms with Crippen LogP contribution in [-0.2, 0) is 0 Å². The zero-order chi connectivity index (χ0) is 8.06. The average Bonchev–Trinajstić information content (AvgIpc) is 2.55. The minimum absolute atomic E-state index is 0.175. The monoisotopic (exact) mass is 154 g/mol. The molecule has 1 saturated heterocycles. The van der Waals surface area contributed by atoms with Gasteiger partial charge in [0.15, 0.2) is 0 Å². The average molecular weight is 154 g/mol. The molecule has 2 N–H and O–H groups in total. The van der Waals surface area contributed by atoms with E-state index in [2.05, 4.69) is 18.9 Å². The highest BCUT2D eigenvalue weighted by atomic mass is 15.2. The smallest absolute Gasteiger partial charge is 0.0326 e. The first kappa shape index (κ1) is 7.56. The summed E-state index contributed by atoms with van der Waals surface area (Å²) in [4.78, 5) is 2.35. The van der Waals surface area contributed by atoms with Crippen molar-refractivity contribution in [3.8, 4) is 0 Å². The van der Waals surface area contributed by atoms with Crippen LogP contribution in [0.25, 0.3) is 0 Å². The Labute approximate surface area is 68.7 Å². The molecule has 0 aromatic rings. The summed E-state index contributed by atoms with van der Waals surface area (Å²) in [5.74, 6) is 1.72. The number of likely N-dealkylation sites (N-methyl/N-ethyl adjacent to an activating group) is 1. The van der Waals surface area contributed by atoms with Crippen LogP contribution in [0.15, 0.2) is 0 Å². The first-order chi connectivity index (χ1) is 5.12. The number of hydrogen-bond acceptors (Lipinski definition) is 2. The van der Waals surface area contributed by atoms with Crippen molar-refractivity contribution in [2.45, 2.75) is 25.3 Å². The molecule has 0 aromatic carbocycles. The molecular weight excluding hydrogens is 136 g/mol. The first-order valence-corrected chi connectivity index (χ1v) is 4.59. The van der Waals surface area contributed by atoms with Gasteiger partial charge in [-0.15, -0.1) is 0 Å². The molecule has 2 rings (SSSR count). The van der Waals surface area contributed by atoms with Crippen LogP contribution < -0.4 is 5.73 Å². The Balaban J connectivity index is 2.00. The van der Waals surface area contributed by atoms with Crippen molar-refractivity contribution in [1.82, 2.24) is 4.90 Å². The normalized spacial score (nSPS) is 51.5. The molecule has 2 nitrogen and oxygen atoms in total. The maximum atomic E-state index is 6.30. The molecule has 2 aliphatic rings. The number of nitrogens with two attached hydrogens (primary N) is 1. The minimum atomic E-state index is 0.175. The van der Waals surface area contributed by atoms with Crippen LogP contribution in [-0.4, -0.2) is 30.6 Å². The van der Waals surface area contributed by atoms with Gasteiger partial charge in [-0.25, -0.2) is 0 Å². The number of rotatable bonds is 1. The predicted molar refractivity (Wildman–Crippen MR) is 46.3 cm³/mol. The van der Waals surface area contributed by atoms with E-state index in [9.17, 15) is 0 Å². The van der Waals surface area contributed by atoms with Gasteiger partial charge in [0.25, 0.3) is 0 Å². The number of nitrogens with zero attached hydrogens (tertiary/aromatic N) is 1. The molecular formula is C9H18N2. The largest absolute Gasteiger partial charge is 0.324 e. The zero-order valence-corrected chi connectivity index (χ0v) is 7.51. The third kappa shape index (κ3) is 1.18. The second-order valence-corrected chi connectivity index (χ2v) is 4.54. The Hall–Kier alpha value is -0.0800. The van der Waals surface area contributed by atoms with E-state index >= 15 is 0 Å². The van der Waals surface area contributed by atoms with Crippen molar-refractivity contribution >= 4 is 0 Å². The van der Waals surface area contributed by atoms with E-state index in [1.165, 1.54) is 19.4 Å². The maximum Gasteiger partial charge on any atom is 0.0326 e. The molecule has 1 saturated carbocycles. The summed E-state index contributed by atoms with van der Waals surface area (Å²) in [5.41, 5.74) is 6.48. The van der Waals surface area contributed by atoms with Gasteiger partial charge >= 0.3 is 0 Å². The van der Waals surface area contributed by atoms with Gasteiger partial charge in [0.1, 0.15) is 0 Å². The molecule has 11 heavy (non-hydrogen) atoms. The standard InChI is InChI=1S/C9H18N2/c1-7-5-8(7)9(10)3-4-11(2)6-9/h7-8H,3-6,10H2,1-2H3/t7?,8?,9-/m0/s1. The molecule has 0 bridgehead atoms. The van der Waals surface area contributed by atoms with Crippen LogP contribution in [0, 0.1) is 11.8 Å². The SMILES string of the molecule is CC1CC1[C@]1(N)CCN(C)C1. The van der Waals surface area contributed by atoms with Gasteiger partial charge in [-0.2, -0.15) is 0 Å². The molecule has 0 aromatic heterocycles. The lowest BCUT2D eigenvalue weighted by molar-refractivity contribution is 0.332. The molecule has 1 heterocycles. The summed E-state index contributed by atoms with van der Waals surface area (Å²) < 4.78 is 0. The summed E-state index contributed by atoms with van der Waals surface area (Å²) in [6.45, 7) is 4.62. The van der Waals surface area contributed by atoms with E-state index in [1.807, 2.05) is 0 Å². The third-order valence-electron chi connectivity index (χ3n) is 3.37. The molecule has 64 valence electrons. The lowest BCUT2D eigenvalue weighted by atomic mass is 9.92. The fourth-order valence-electron chi connectivity index (χ4n) is 2.49. The van der Waals surface area contributed by atoms with Crippen molar-refractivity contribution in [2.75, 3.05) is 20.1 Å². The maximum absolute atomic E-state index is 6.30. The first-order valence-electron chi connectivity index (χ1n) is 4.59. The van der Waals surface area contributed by atoms with E-state index in [0.717, 1.165) is 18.4 Å². The fourth-order valence-corrected chi connectivity index (χ4v) is 2.49. The van der Waals surface area contributed by atoms with E-state index in [0.29, 0.717) is 0 Å². The molecule has 2 fully saturated rings. The molecule has 0 radical (unpaired) electrons. The fraction of sp³-hybridized carbons (Fsp3) is 1.00. The summed E-state index contributed by atoms with van der Waals surface area (Å²) in [7, 11) is 2.17. The highest BCUT2D eigenvalue weighted by Crippen LogP contribution is 2.47. The van der Waals surface area contributed by atoms with Crippen LogP contribution in [0.3, 0.4) is 0 Å². The third-order valence-corrected chi connectivity index (χ3v) is 3.37. The topological polar surface area (TPSA) is 29.3 Å². The van der Waals surface area contributed by atoms with Crippen molar-refractivity contribution in [3.63, 3.8) is 0 Å². The Morgan fingerprint density at radius 1 is 1.55 bits per heavy atom. The molecule has 3 atom stereocenters. The van der Waals surface area contributed by atoms with Crippen LogP contribution in [0.2, 0.25) is 0 Å². The lowest BCUT2D eigenvalue weighted by Crippen LogP contribution is -2.44. The summed E-state index contributed by atoms with van der Waals surface area (Å²) >= 11 is 0. The van der Waals surface area contributed by atoms with Gasteiger partial charge < -0.3 is 10.6 Å². The van der Waals surface area contributed by atoms with Crippen LogP contribution in [0.4, 0.5) is 0 Å². The second kappa shape index (κ2) is 2.20. The zero-order valence-electron chi connectivity index (χ0n) is 7.51. The molecule has 0 amide bonds.